The molecule has 0 amide bonds. The third-order valence-electron chi connectivity index (χ3n) is 5.64. The van der Waals surface area contributed by atoms with E-state index in [9.17, 15) is 0 Å². The van der Waals surface area contributed by atoms with Gasteiger partial charge in [0.25, 0.3) is 0 Å². The number of likely N-dealkylation sites (N-methyl/N-ethyl adjacent to an activating group) is 1. The molecule has 30 heavy (non-hydrogen) atoms. The highest BCUT2D eigenvalue weighted by molar-refractivity contribution is 14.0. The average molecular weight is 521 g/mol. The Labute approximate surface area is 199 Å². The van der Waals surface area contributed by atoms with Gasteiger partial charge >= 0.3 is 0 Å². The molecule has 0 unspecified atom stereocenters. The monoisotopic (exact) mass is 521 g/mol. The van der Waals surface area contributed by atoms with Crippen LogP contribution >= 0.6 is 24.0 Å². The lowest BCUT2D eigenvalue weighted by Gasteiger charge is -2.34. The number of hydrogen-bond donors (Lipinski definition) is 2. The van der Waals surface area contributed by atoms with E-state index in [4.69, 9.17) is 0 Å². The Hall–Kier alpha value is -1.64. The van der Waals surface area contributed by atoms with Gasteiger partial charge in [0.15, 0.2) is 5.96 Å². The topological polar surface area (TPSA) is 42.9 Å². The van der Waals surface area contributed by atoms with Crippen molar-refractivity contribution in [1.82, 2.24) is 20.4 Å². The van der Waals surface area contributed by atoms with Gasteiger partial charge in [0.2, 0.25) is 0 Å². The number of benzene rings is 2. The first kappa shape index (κ1) is 24.6. The molecule has 0 atom stereocenters. The predicted octanol–water partition coefficient (Wildman–Crippen LogP) is 3.35. The number of halogens is 1. The molecule has 6 heteroatoms. The molecule has 0 saturated carbocycles. The molecule has 1 aliphatic rings. The second-order valence-electron chi connectivity index (χ2n) is 7.57. The quantitative estimate of drug-likeness (QED) is 0.318. The van der Waals surface area contributed by atoms with Gasteiger partial charge in [0, 0.05) is 52.9 Å². The summed E-state index contributed by atoms with van der Waals surface area (Å²) in [5, 5.41) is 6.90. The molecule has 164 valence electrons. The second-order valence-corrected chi connectivity index (χ2v) is 7.57. The second kappa shape index (κ2) is 13.6. The maximum Gasteiger partial charge on any atom is 0.191 e. The van der Waals surface area contributed by atoms with Crippen LogP contribution in [0.15, 0.2) is 59.6 Å². The van der Waals surface area contributed by atoms with Gasteiger partial charge in [-0.25, -0.2) is 0 Å². The molecule has 1 aliphatic heterocycles. The van der Waals surface area contributed by atoms with Crippen molar-refractivity contribution in [2.45, 2.75) is 26.4 Å². The van der Waals surface area contributed by atoms with Crippen LogP contribution < -0.4 is 10.6 Å². The summed E-state index contributed by atoms with van der Waals surface area (Å²) in [6.07, 6.45) is 0.988. The van der Waals surface area contributed by atoms with Crippen LogP contribution in [-0.2, 0) is 19.5 Å². The van der Waals surface area contributed by atoms with Gasteiger partial charge in [0.1, 0.15) is 0 Å². The summed E-state index contributed by atoms with van der Waals surface area (Å²) in [6.45, 7) is 10.7. The lowest BCUT2D eigenvalue weighted by atomic mass is 10.1. The van der Waals surface area contributed by atoms with Gasteiger partial charge in [-0.15, -0.1) is 24.0 Å². The summed E-state index contributed by atoms with van der Waals surface area (Å²) in [4.78, 5) is 9.47. The third-order valence-corrected chi connectivity index (χ3v) is 5.64. The smallest absolute Gasteiger partial charge is 0.191 e. The Morgan fingerprint density at radius 1 is 0.867 bits per heavy atom. The highest BCUT2D eigenvalue weighted by Gasteiger charge is 2.16. The van der Waals surface area contributed by atoms with Crippen molar-refractivity contribution in [2.75, 3.05) is 46.3 Å². The van der Waals surface area contributed by atoms with Crippen molar-refractivity contribution in [2.24, 2.45) is 4.99 Å². The summed E-state index contributed by atoms with van der Waals surface area (Å²) >= 11 is 0. The first-order chi connectivity index (χ1) is 14.3. The van der Waals surface area contributed by atoms with Gasteiger partial charge in [-0.1, -0.05) is 61.5 Å². The minimum absolute atomic E-state index is 0. The van der Waals surface area contributed by atoms with E-state index in [0.717, 1.165) is 51.6 Å². The van der Waals surface area contributed by atoms with Gasteiger partial charge in [-0.2, -0.15) is 0 Å². The number of rotatable bonds is 8. The van der Waals surface area contributed by atoms with Gasteiger partial charge in [-0.3, -0.25) is 9.89 Å². The highest BCUT2D eigenvalue weighted by Crippen LogP contribution is 2.13. The molecule has 0 bridgehead atoms. The molecule has 1 saturated heterocycles. The molecule has 2 N–H and O–H groups in total. The van der Waals surface area contributed by atoms with E-state index in [1.807, 2.05) is 7.05 Å². The van der Waals surface area contributed by atoms with Crippen LogP contribution in [-0.4, -0.2) is 62.1 Å². The average Bonchev–Trinajstić information content (AvgIpc) is 2.78. The van der Waals surface area contributed by atoms with Crippen LogP contribution in [0.2, 0.25) is 0 Å². The molecular weight excluding hydrogens is 485 g/mol. The molecule has 1 fully saturated rings. The lowest BCUT2D eigenvalue weighted by Crippen LogP contribution is -2.45. The minimum Gasteiger partial charge on any atom is -0.356 e. The van der Waals surface area contributed by atoms with Gasteiger partial charge in [-0.05, 0) is 29.7 Å². The number of hydrogen-bond acceptors (Lipinski definition) is 3. The Balaban J connectivity index is 0.00000320. The van der Waals surface area contributed by atoms with Crippen LogP contribution in [0, 0.1) is 0 Å². The molecule has 3 rings (SSSR count). The molecule has 5 nitrogen and oxygen atoms in total. The fraction of sp³-hybridized carbons (Fsp3) is 0.458. The van der Waals surface area contributed by atoms with Crippen molar-refractivity contribution in [3.63, 3.8) is 0 Å². The fourth-order valence-electron chi connectivity index (χ4n) is 3.76. The number of guanidine groups is 1. The van der Waals surface area contributed by atoms with E-state index in [2.05, 4.69) is 86.9 Å². The van der Waals surface area contributed by atoms with Crippen molar-refractivity contribution in [1.29, 1.82) is 0 Å². The zero-order chi connectivity index (χ0) is 20.3. The van der Waals surface area contributed by atoms with E-state index >= 15 is 0 Å². The summed E-state index contributed by atoms with van der Waals surface area (Å²) in [5.41, 5.74) is 4.09. The normalized spacial score (nSPS) is 15.5. The molecular formula is C24H36IN5. The van der Waals surface area contributed by atoms with Crippen LogP contribution in [0.5, 0.6) is 0 Å². The van der Waals surface area contributed by atoms with E-state index in [0.29, 0.717) is 0 Å². The predicted molar refractivity (Wildman–Crippen MR) is 138 cm³/mol. The molecule has 0 aromatic heterocycles. The molecule has 2 aromatic rings. The van der Waals surface area contributed by atoms with E-state index in [-0.39, 0.29) is 24.0 Å². The minimum atomic E-state index is 0. The van der Waals surface area contributed by atoms with Crippen LogP contribution in [0.25, 0.3) is 0 Å². The molecule has 2 aromatic carbocycles. The number of piperazine rings is 1. The Bertz CT molecular complexity index is 757. The molecule has 0 spiro atoms. The zero-order valence-corrected chi connectivity index (χ0v) is 20.6. The summed E-state index contributed by atoms with van der Waals surface area (Å²) < 4.78 is 0. The fourth-order valence-corrected chi connectivity index (χ4v) is 3.76. The Morgan fingerprint density at radius 2 is 1.50 bits per heavy atom. The molecule has 1 heterocycles. The van der Waals surface area contributed by atoms with E-state index in [1.54, 1.807) is 0 Å². The third kappa shape index (κ3) is 7.89. The maximum absolute atomic E-state index is 4.38. The lowest BCUT2D eigenvalue weighted by molar-refractivity contribution is 0.131. The van der Waals surface area contributed by atoms with Gasteiger partial charge < -0.3 is 15.5 Å². The first-order valence-corrected chi connectivity index (χ1v) is 10.8. The standard InChI is InChI=1S/C24H35N5.HI/c1-3-28-15-17-29(18-16-28)20-23-12-8-7-11-22(23)19-27-24(25-2)26-14-13-21-9-5-4-6-10-21;/h4-12H,3,13-20H2,1-2H3,(H2,25,26,27);1H. The van der Waals surface area contributed by atoms with Gasteiger partial charge in [0.05, 0.1) is 0 Å². The summed E-state index contributed by atoms with van der Waals surface area (Å²) in [6, 6.07) is 19.3. The van der Waals surface area contributed by atoms with Crippen molar-refractivity contribution >= 4 is 29.9 Å². The number of aliphatic imine (C=N–C) groups is 1. The number of nitrogens with zero attached hydrogens (tertiary/aromatic N) is 3. The molecule has 0 aliphatic carbocycles. The Kier molecular flexibility index (Phi) is 11.2. The zero-order valence-electron chi connectivity index (χ0n) is 18.3. The van der Waals surface area contributed by atoms with Crippen molar-refractivity contribution in [3.8, 4) is 0 Å². The largest absolute Gasteiger partial charge is 0.356 e. The maximum atomic E-state index is 4.38. The van der Waals surface area contributed by atoms with Crippen molar-refractivity contribution < 1.29 is 0 Å². The van der Waals surface area contributed by atoms with Crippen LogP contribution in [0.3, 0.4) is 0 Å². The first-order valence-electron chi connectivity index (χ1n) is 10.8. The van der Waals surface area contributed by atoms with Crippen LogP contribution in [0.1, 0.15) is 23.6 Å². The van der Waals surface area contributed by atoms with Crippen molar-refractivity contribution in [3.05, 3.63) is 71.3 Å². The van der Waals surface area contributed by atoms with Crippen LogP contribution in [0.4, 0.5) is 0 Å². The van der Waals surface area contributed by atoms with E-state index < -0.39 is 0 Å². The number of nitrogens with one attached hydrogen (secondary N) is 2. The highest BCUT2D eigenvalue weighted by atomic mass is 127. The summed E-state index contributed by atoms with van der Waals surface area (Å²) in [5.74, 6) is 0.854. The Morgan fingerprint density at radius 3 is 2.17 bits per heavy atom. The molecule has 0 radical (unpaired) electrons. The van der Waals surface area contributed by atoms with E-state index in [1.165, 1.54) is 29.8 Å². The SMILES string of the molecule is CCN1CCN(Cc2ccccc2CNC(=NC)NCCc2ccccc2)CC1.I. The summed E-state index contributed by atoms with van der Waals surface area (Å²) in [7, 11) is 1.83.